The summed E-state index contributed by atoms with van der Waals surface area (Å²) in [6, 6.07) is 2.68. The van der Waals surface area contributed by atoms with Crippen LogP contribution in [0.3, 0.4) is 0 Å². The van der Waals surface area contributed by atoms with Crippen molar-refractivity contribution >= 4 is 17.8 Å². The fraction of sp³-hybridized carbons (Fsp3) is 0.636. The quantitative estimate of drug-likeness (QED) is 0.412. The van der Waals surface area contributed by atoms with Crippen LogP contribution in [0.25, 0.3) is 0 Å². The Kier molecular flexibility index (Phi) is 4.78. The smallest absolute Gasteiger partial charge is 0.315 e. The maximum Gasteiger partial charge on any atom is 0.315 e. The van der Waals surface area contributed by atoms with Gasteiger partial charge in [0.1, 0.15) is 0 Å². The van der Waals surface area contributed by atoms with Crippen molar-refractivity contribution in [2.75, 3.05) is 6.61 Å². The fourth-order valence-electron chi connectivity index (χ4n) is 7.08. The van der Waals surface area contributed by atoms with Gasteiger partial charge in [-0.3, -0.25) is 14.9 Å². The molecule has 0 aliphatic heterocycles. The van der Waals surface area contributed by atoms with E-state index >= 15 is 0 Å². The Labute approximate surface area is 175 Å². The highest BCUT2D eigenvalue weighted by Gasteiger charge is 2.62. The monoisotopic (exact) mass is 415 g/mol. The van der Waals surface area contributed by atoms with E-state index in [1.807, 2.05) is 0 Å². The first-order valence-electron chi connectivity index (χ1n) is 10.5. The molecule has 4 bridgehead atoms. The lowest BCUT2D eigenvalue weighted by atomic mass is 9.40. The fourth-order valence-corrected chi connectivity index (χ4v) is 7.08. The minimum atomic E-state index is -0.676. The Morgan fingerprint density at radius 3 is 2.53 bits per heavy atom. The summed E-state index contributed by atoms with van der Waals surface area (Å²) in [5, 5.41) is 25.3. The second-order valence-corrected chi connectivity index (χ2v) is 10.2. The van der Waals surface area contributed by atoms with Crippen LogP contribution < -0.4 is 10.2 Å². The number of hydrogen-bond acceptors (Lipinski definition) is 6. The van der Waals surface area contributed by atoms with E-state index in [-0.39, 0.29) is 34.5 Å². The van der Waals surface area contributed by atoms with Crippen LogP contribution in [0.5, 0.6) is 11.5 Å². The third-order valence-corrected chi connectivity index (χ3v) is 7.06. The number of nitro benzene ring substituents is 1. The van der Waals surface area contributed by atoms with Crippen LogP contribution in [-0.4, -0.2) is 28.8 Å². The molecule has 162 valence electrons. The van der Waals surface area contributed by atoms with Crippen molar-refractivity contribution in [2.24, 2.45) is 27.3 Å². The predicted molar refractivity (Wildman–Crippen MR) is 112 cm³/mol. The topological polar surface area (TPSA) is 114 Å². The molecular formula is C22H29N3O5. The van der Waals surface area contributed by atoms with Gasteiger partial charge < -0.3 is 9.84 Å². The van der Waals surface area contributed by atoms with Gasteiger partial charge in [0.05, 0.1) is 23.2 Å². The number of phenolic OH excluding ortho intramolecular Hbond substituents is 1. The van der Waals surface area contributed by atoms with Gasteiger partial charge in [0.25, 0.3) is 0 Å². The summed E-state index contributed by atoms with van der Waals surface area (Å²) in [5.41, 5.74) is 2.67. The number of hydrazone groups is 1. The largest absolute Gasteiger partial charge is 0.500 e. The molecule has 5 rings (SSSR count). The summed E-state index contributed by atoms with van der Waals surface area (Å²) < 4.78 is 5.28. The van der Waals surface area contributed by atoms with Gasteiger partial charge in [-0.1, -0.05) is 13.8 Å². The Balaban J connectivity index is 1.53. The number of ether oxygens (including phenoxy) is 1. The number of carbonyl (C=O) groups is 1. The zero-order valence-electron chi connectivity index (χ0n) is 17.7. The van der Waals surface area contributed by atoms with Gasteiger partial charge in [-0.05, 0) is 68.3 Å². The van der Waals surface area contributed by atoms with Crippen molar-refractivity contribution in [1.82, 2.24) is 5.43 Å². The Morgan fingerprint density at radius 2 is 1.97 bits per heavy atom. The summed E-state index contributed by atoms with van der Waals surface area (Å²) in [6.45, 7) is 6.60. The van der Waals surface area contributed by atoms with Gasteiger partial charge in [0.15, 0.2) is 5.75 Å². The van der Waals surface area contributed by atoms with Crippen molar-refractivity contribution in [3.05, 3.63) is 27.8 Å². The number of nitro groups is 1. The highest BCUT2D eigenvalue weighted by atomic mass is 16.6. The van der Waals surface area contributed by atoms with Crippen LogP contribution in [-0.2, 0) is 4.79 Å². The first-order chi connectivity index (χ1) is 14.1. The molecular weight excluding hydrogens is 386 g/mol. The van der Waals surface area contributed by atoms with Crippen molar-refractivity contribution in [3.8, 4) is 11.5 Å². The van der Waals surface area contributed by atoms with Crippen LogP contribution >= 0.6 is 0 Å². The van der Waals surface area contributed by atoms with Gasteiger partial charge in [0, 0.05) is 11.6 Å². The number of hydrogen-bond donors (Lipinski definition) is 2. The summed E-state index contributed by atoms with van der Waals surface area (Å²) in [4.78, 5) is 23.7. The SMILES string of the molecule is CCOc1cc(/C=N/NC(=O)C23CC4CC(C)(CC(C)(C4)C2)C3)cc([N+](=O)[O-])c1O. The lowest BCUT2D eigenvalue weighted by Crippen LogP contribution is -2.59. The molecule has 4 saturated carbocycles. The average molecular weight is 415 g/mol. The lowest BCUT2D eigenvalue weighted by molar-refractivity contribution is -0.386. The maximum atomic E-state index is 13.2. The maximum absolute atomic E-state index is 13.2. The van der Waals surface area contributed by atoms with E-state index in [0.717, 1.165) is 19.3 Å². The molecule has 4 aliphatic carbocycles. The second-order valence-electron chi connectivity index (χ2n) is 10.2. The highest BCUT2D eigenvalue weighted by molar-refractivity contribution is 5.87. The van der Waals surface area contributed by atoms with E-state index in [4.69, 9.17) is 4.74 Å². The molecule has 0 radical (unpaired) electrons. The second kappa shape index (κ2) is 6.96. The van der Waals surface area contributed by atoms with E-state index in [1.54, 1.807) is 6.92 Å². The van der Waals surface area contributed by atoms with Gasteiger partial charge in [0.2, 0.25) is 11.7 Å². The minimum absolute atomic E-state index is 0.0152. The molecule has 0 saturated heterocycles. The number of nitrogens with one attached hydrogen (secondary N) is 1. The van der Waals surface area contributed by atoms with Crippen LogP contribution in [0.15, 0.2) is 17.2 Å². The van der Waals surface area contributed by atoms with E-state index < -0.39 is 16.4 Å². The average Bonchev–Trinajstić information content (AvgIpc) is 2.61. The molecule has 0 aromatic heterocycles. The first kappa shape index (κ1) is 20.6. The van der Waals surface area contributed by atoms with Gasteiger partial charge in [-0.25, -0.2) is 5.43 Å². The molecule has 4 aliphatic rings. The van der Waals surface area contributed by atoms with Crippen molar-refractivity contribution in [3.63, 3.8) is 0 Å². The molecule has 2 unspecified atom stereocenters. The number of phenols is 1. The normalized spacial score (nSPS) is 34.3. The van der Waals surface area contributed by atoms with Crippen molar-refractivity contribution in [1.29, 1.82) is 0 Å². The number of amides is 1. The zero-order chi connectivity index (χ0) is 21.7. The van der Waals surface area contributed by atoms with Gasteiger partial charge >= 0.3 is 5.69 Å². The van der Waals surface area contributed by atoms with E-state index in [9.17, 15) is 20.0 Å². The first-order valence-corrected chi connectivity index (χ1v) is 10.5. The molecule has 1 aromatic rings. The number of carbonyl (C=O) groups excluding carboxylic acids is 1. The number of benzene rings is 1. The Hall–Kier alpha value is -2.64. The zero-order valence-corrected chi connectivity index (χ0v) is 17.7. The van der Waals surface area contributed by atoms with Crippen LogP contribution in [0.4, 0.5) is 5.69 Å². The van der Waals surface area contributed by atoms with Crippen LogP contribution in [0.2, 0.25) is 0 Å². The highest BCUT2D eigenvalue weighted by Crippen LogP contribution is 2.69. The van der Waals surface area contributed by atoms with Crippen molar-refractivity contribution in [2.45, 2.75) is 59.3 Å². The number of aromatic hydroxyl groups is 1. The molecule has 2 N–H and O–H groups in total. The molecule has 8 heteroatoms. The summed E-state index contributed by atoms with van der Waals surface area (Å²) in [6.07, 6.45) is 7.66. The molecule has 30 heavy (non-hydrogen) atoms. The van der Waals surface area contributed by atoms with E-state index in [1.165, 1.54) is 37.6 Å². The van der Waals surface area contributed by atoms with E-state index in [2.05, 4.69) is 24.4 Å². The third-order valence-electron chi connectivity index (χ3n) is 7.06. The molecule has 8 nitrogen and oxygen atoms in total. The van der Waals surface area contributed by atoms with E-state index in [0.29, 0.717) is 11.5 Å². The molecule has 4 fully saturated rings. The minimum Gasteiger partial charge on any atom is -0.500 e. The summed E-state index contributed by atoms with van der Waals surface area (Å²) in [5.74, 6) is 0.0394. The third kappa shape index (κ3) is 3.52. The summed E-state index contributed by atoms with van der Waals surface area (Å²) >= 11 is 0. The molecule has 0 heterocycles. The molecule has 1 aromatic carbocycles. The predicted octanol–water partition coefficient (Wildman–Crippen LogP) is 4.15. The Bertz CT molecular complexity index is 910. The van der Waals surface area contributed by atoms with Gasteiger partial charge in [-0.2, -0.15) is 5.10 Å². The number of nitrogens with zero attached hydrogens (tertiary/aromatic N) is 2. The van der Waals surface area contributed by atoms with Gasteiger partial charge in [-0.15, -0.1) is 0 Å². The summed E-state index contributed by atoms with van der Waals surface area (Å²) in [7, 11) is 0. The number of rotatable bonds is 6. The lowest BCUT2D eigenvalue weighted by Gasteiger charge is -2.64. The van der Waals surface area contributed by atoms with Crippen LogP contribution in [0.1, 0.15) is 64.9 Å². The van der Waals surface area contributed by atoms with Crippen molar-refractivity contribution < 1.29 is 19.6 Å². The Morgan fingerprint density at radius 1 is 1.30 bits per heavy atom. The molecule has 1 amide bonds. The van der Waals surface area contributed by atoms with Crippen LogP contribution in [0, 0.1) is 32.3 Å². The molecule has 2 atom stereocenters. The molecule has 0 spiro atoms. The standard InChI is InChI=1S/C22H29N3O5/c1-4-30-17-6-14(5-16(18(17)26)25(28)29)10-23-24-19(27)22-9-15-7-20(2,12-22)11-21(3,8-15)13-22/h5-6,10,15,26H,4,7-9,11-13H2,1-3H3,(H,24,27)/b23-10+.